The molecule has 0 atom stereocenters. The van der Waals surface area contributed by atoms with E-state index in [9.17, 15) is 36.1 Å². The second-order valence-electron chi connectivity index (χ2n) is 6.73. The zero-order chi connectivity index (χ0) is 26.3. The lowest BCUT2D eigenvalue weighted by Crippen LogP contribution is -2.13. The third-order valence-electron chi connectivity index (χ3n) is 4.32. The molecule has 0 aliphatic carbocycles. The van der Waals surface area contributed by atoms with Crippen molar-refractivity contribution in [3.05, 3.63) is 82.4 Å². The van der Waals surface area contributed by atoms with E-state index in [2.05, 4.69) is 24.7 Å². The van der Waals surface area contributed by atoms with E-state index in [-0.39, 0.29) is 16.9 Å². The first-order valence-electron chi connectivity index (χ1n) is 9.74. The average Bonchev–Trinajstić information content (AvgIpc) is 2.80. The maximum atomic E-state index is 12.7. The van der Waals surface area contributed by atoms with Gasteiger partial charge in [0.05, 0.1) is 16.0 Å². The Morgan fingerprint density at radius 2 is 1.64 bits per heavy atom. The van der Waals surface area contributed by atoms with E-state index < -0.39 is 50.3 Å². The molecule has 15 heteroatoms. The Morgan fingerprint density at radius 3 is 2.28 bits per heavy atom. The van der Waals surface area contributed by atoms with Crippen molar-refractivity contribution in [2.75, 3.05) is 10.1 Å². The summed E-state index contributed by atoms with van der Waals surface area (Å²) < 4.78 is 86.0. The minimum absolute atomic E-state index is 0.0988. The quantitative estimate of drug-likeness (QED) is 0.154. The minimum atomic E-state index is -4.15. The van der Waals surface area contributed by atoms with Crippen LogP contribution in [0.15, 0.2) is 76.7 Å². The van der Waals surface area contributed by atoms with E-state index in [0.717, 1.165) is 42.6 Å². The van der Waals surface area contributed by atoms with Crippen LogP contribution in [-0.2, 0) is 10.0 Å². The van der Waals surface area contributed by atoms with Crippen molar-refractivity contribution in [1.82, 2.24) is 0 Å². The lowest BCUT2D eigenvalue weighted by molar-refractivity contribution is -0.384. The third kappa shape index (κ3) is 7.05. The van der Waals surface area contributed by atoms with E-state index in [0.29, 0.717) is 0 Å². The highest BCUT2D eigenvalue weighted by atomic mass is 32.2. The van der Waals surface area contributed by atoms with E-state index >= 15 is 0 Å². The Bertz CT molecular complexity index is 1360. The van der Waals surface area contributed by atoms with Crippen LogP contribution in [0.1, 0.15) is 5.56 Å². The van der Waals surface area contributed by atoms with Gasteiger partial charge in [0, 0.05) is 23.4 Å². The molecule has 2 N–H and O–H groups in total. The van der Waals surface area contributed by atoms with Crippen LogP contribution in [0, 0.1) is 10.1 Å². The molecule has 0 saturated heterocycles. The second-order valence-corrected chi connectivity index (χ2v) is 8.42. The first-order chi connectivity index (χ1) is 17.0. The number of halogens is 4. The number of para-hydroxylation sites is 1. The molecule has 0 radical (unpaired) electrons. The fraction of sp³-hybridized carbons (Fsp3) is 0.0952. The van der Waals surface area contributed by atoms with Gasteiger partial charge in [0.1, 0.15) is 17.2 Å². The molecule has 0 aromatic heterocycles. The Labute approximate surface area is 201 Å². The number of benzene rings is 3. The standard InChI is InChI=1S/C21H16F4N4O6S/c22-20(23)34-15-7-6-13(19(10-15)35-21(24)25)12-26-27-17-9-8-16(11-18(17)29(30)31)36(32,33)28-14-4-2-1-3-5-14/h1-12,20-21,27-28H/b26-12+. The number of sulfonamides is 1. The van der Waals surface area contributed by atoms with Crippen molar-refractivity contribution in [3.8, 4) is 11.5 Å². The lowest BCUT2D eigenvalue weighted by Gasteiger charge is -2.11. The molecule has 0 spiro atoms. The van der Waals surface area contributed by atoms with E-state index in [1.54, 1.807) is 18.2 Å². The van der Waals surface area contributed by atoms with Gasteiger partial charge in [-0.15, -0.1) is 0 Å². The molecule has 0 aliphatic heterocycles. The predicted octanol–water partition coefficient (Wildman–Crippen LogP) is 5.04. The van der Waals surface area contributed by atoms with Gasteiger partial charge in [-0.05, 0) is 36.4 Å². The molecule has 190 valence electrons. The summed E-state index contributed by atoms with van der Waals surface area (Å²) in [4.78, 5) is 10.3. The van der Waals surface area contributed by atoms with Gasteiger partial charge in [-0.1, -0.05) is 18.2 Å². The molecule has 0 heterocycles. The summed E-state index contributed by atoms with van der Waals surface area (Å²) in [7, 11) is -4.15. The molecule has 36 heavy (non-hydrogen) atoms. The summed E-state index contributed by atoms with van der Waals surface area (Å²) in [6.45, 7) is -6.48. The highest BCUT2D eigenvalue weighted by Crippen LogP contribution is 2.29. The van der Waals surface area contributed by atoms with Gasteiger partial charge in [0.15, 0.2) is 0 Å². The average molecular weight is 528 g/mol. The maximum Gasteiger partial charge on any atom is 0.387 e. The molecule has 10 nitrogen and oxygen atoms in total. The molecule has 3 aromatic rings. The highest BCUT2D eigenvalue weighted by molar-refractivity contribution is 7.92. The molecule has 3 aromatic carbocycles. The predicted molar refractivity (Wildman–Crippen MR) is 121 cm³/mol. The summed E-state index contributed by atoms with van der Waals surface area (Å²) in [6.07, 6.45) is 0.940. The summed E-state index contributed by atoms with van der Waals surface area (Å²) in [5.41, 5.74) is 1.60. The smallest absolute Gasteiger partial charge is 0.387 e. The van der Waals surface area contributed by atoms with Gasteiger partial charge in [0.25, 0.3) is 15.7 Å². The number of hydrogen-bond donors (Lipinski definition) is 2. The third-order valence-corrected chi connectivity index (χ3v) is 5.70. The Balaban J connectivity index is 1.84. The lowest BCUT2D eigenvalue weighted by atomic mass is 10.2. The van der Waals surface area contributed by atoms with Crippen molar-refractivity contribution in [2.45, 2.75) is 18.1 Å². The van der Waals surface area contributed by atoms with Crippen molar-refractivity contribution in [3.63, 3.8) is 0 Å². The van der Waals surface area contributed by atoms with Crippen molar-refractivity contribution in [1.29, 1.82) is 0 Å². The van der Waals surface area contributed by atoms with Crippen LogP contribution in [0.3, 0.4) is 0 Å². The van der Waals surface area contributed by atoms with Crippen molar-refractivity contribution >= 4 is 33.3 Å². The van der Waals surface area contributed by atoms with Crippen LogP contribution in [0.4, 0.5) is 34.6 Å². The van der Waals surface area contributed by atoms with Crippen LogP contribution >= 0.6 is 0 Å². The number of hydrazone groups is 1. The zero-order valence-electron chi connectivity index (χ0n) is 17.8. The molecule has 0 unspecified atom stereocenters. The molecule has 3 rings (SSSR count). The zero-order valence-corrected chi connectivity index (χ0v) is 18.7. The van der Waals surface area contributed by atoms with Gasteiger partial charge < -0.3 is 9.47 Å². The number of anilines is 2. The number of ether oxygens (including phenoxy) is 2. The molecule has 0 amide bonds. The van der Waals surface area contributed by atoms with Crippen LogP contribution < -0.4 is 19.6 Å². The first-order valence-corrected chi connectivity index (χ1v) is 11.2. The first kappa shape index (κ1) is 26.2. The largest absolute Gasteiger partial charge is 0.435 e. The molecule has 0 aliphatic rings. The monoisotopic (exact) mass is 528 g/mol. The number of nitrogens with zero attached hydrogens (tertiary/aromatic N) is 2. The number of alkyl halides is 4. The SMILES string of the molecule is O=[N+]([O-])c1cc(S(=O)(=O)Nc2ccccc2)ccc1N/N=C/c1ccc(OC(F)F)cc1OC(F)F. The molecule has 0 bridgehead atoms. The second kappa shape index (κ2) is 11.4. The van der Waals surface area contributed by atoms with Crippen LogP contribution in [-0.4, -0.2) is 32.8 Å². The van der Waals surface area contributed by atoms with E-state index in [4.69, 9.17) is 0 Å². The van der Waals surface area contributed by atoms with Crippen molar-refractivity contribution < 1.29 is 40.4 Å². The molecular weight excluding hydrogens is 512 g/mol. The van der Waals surface area contributed by atoms with Crippen LogP contribution in [0.25, 0.3) is 0 Å². The van der Waals surface area contributed by atoms with E-state index in [1.165, 1.54) is 12.1 Å². The van der Waals surface area contributed by atoms with E-state index in [1.807, 2.05) is 0 Å². The number of nitro groups is 1. The number of hydrogen-bond acceptors (Lipinski definition) is 8. The van der Waals surface area contributed by atoms with Gasteiger partial charge in [0.2, 0.25) is 0 Å². The van der Waals surface area contributed by atoms with Crippen LogP contribution in [0.5, 0.6) is 11.5 Å². The fourth-order valence-electron chi connectivity index (χ4n) is 2.81. The molecule has 0 fully saturated rings. The summed E-state index contributed by atoms with van der Waals surface area (Å²) in [5.74, 6) is -0.987. The normalized spacial score (nSPS) is 11.6. The van der Waals surface area contributed by atoms with Gasteiger partial charge in [-0.25, -0.2) is 8.42 Å². The number of rotatable bonds is 11. The van der Waals surface area contributed by atoms with Gasteiger partial charge >= 0.3 is 13.2 Å². The fourth-order valence-corrected chi connectivity index (χ4v) is 3.89. The van der Waals surface area contributed by atoms with Crippen LogP contribution in [0.2, 0.25) is 0 Å². The summed E-state index contributed by atoms with van der Waals surface area (Å²) >= 11 is 0. The topological polar surface area (TPSA) is 132 Å². The molecular formula is C21H16F4N4O6S. The van der Waals surface area contributed by atoms with Gasteiger partial charge in [-0.2, -0.15) is 22.7 Å². The summed E-state index contributed by atoms with van der Waals surface area (Å²) in [6, 6.07) is 13.8. The number of nitro benzene ring substituents is 1. The Hall–Kier alpha value is -4.40. The Morgan fingerprint density at radius 1 is 0.944 bits per heavy atom. The maximum absolute atomic E-state index is 12.7. The number of nitrogens with one attached hydrogen (secondary N) is 2. The minimum Gasteiger partial charge on any atom is -0.435 e. The molecule has 0 saturated carbocycles. The van der Waals surface area contributed by atoms with Gasteiger partial charge in [-0.3, -0.25) is 20.3 Å². The highest BCUT2D eigenvalue weighted by Gasteiger charge is 2.22. The van der Waals surface area contributed by atoms with Crippen molar-refractivity contribution in [2.24, 2.45) is 5.10 Å². The summed E-state index contributed by atoms with van der Waals surface area (Å²) in [5, 5.41) is 15.2. The Kier molecular flexibility index (Phi) is 8.26.